The summed E-state index contributed by atoms with van der Waals surface area (Å²) < 4.78 is 19.6. The normalized spacial score (nSPS) is 10.3. The second-order valence-corrected chi connectivity index (χ2v) is 5.12. The first-order chi connectivity index (χ1) is 11.3. The third-order valence-electron chi connectivity index (χ3n) is 3.56. The second-order valence-electron chi connectivity index (χ2n) is 5.12. The third kappa shape index (κ3) is 3.46. The van der Waals surface area contributed by atoms with Gasteiger partial charge in [0.1, 0.15) is 18.2 Å². The zero-order valence-electron chi connectivity index (χ0n) is 12.4. The quantitative estimate of drug-likeness (QED) is 0.628. The summed E-state index contributed by atoms with van der Waals surface area (Å²) in [5.41, 5.74) is 2.53. The van der Waals surface area contributed by atoms with Crippen molar-refractivity contribution in [2.45, 2.75) is 6.61 Å². The van der Waals surface area contributed by atoms with Gasteiger partial charge in [0, 0.05) is 5.56 Å². The van der Waals surface area contributed by atoms with Crippen LogP contribution in [-0.2, 0) is 6.61 Å². The molecular weight excluding hydrogens is 291 g/mol. The Hall–Kier alpha value is -2.94. The maximum atomic E-state index is 13.9. The van der Waals surface area contributed by atoms with E-state index in [0.717, 1.165) is 11.8 Å². The molecule has 2 nitrogen and oxygen atoms in total. The Balaban J connectivity index is 1.86. The van der Waals surface area contributed by atoms with E-state index in [2.05, 4.69) is 0 Å². The SMILES string of the molecule is O=Cc1cc(-c2ccccc2F)ccc1OCc1ccccc1. The van der Waals surface area contributed by atoms with Crippen molar-refractivity contribution >= 4 is 6.29 Å². The molecule has 3 rings (SSSR count). The number of hydrogen-bond acceptors (Lipinski definition) is 2. The number of carbonyl (C=O) groups excluding carboxylic acids is 1. The van der Waals surface area contributed by atoms with Crippen molar-refractivity contribution in [2.24, 2.45) is 0 Å². The molecule has 0 aromatic heterocycles. The maximum Gasteiger partial charge on any atom is 0.153 e. The lowest BCUT2D eigenvalue weighted by Crippen LogP contribution is -1.98. The highest BCUT2D eigenvalue weighted by atomic mass is 19.1. The van der Waals surface area contributed by atoms with E-state index in [0.29, 0.717) is 29.0 Å². The van der Waals surface area contributed by atoms with E-state index in [1.165, 1.54) is 6.07 Å². The van der Waals surface area contributed by atoms with Gasteiger partial charge in [-0.1, -0.05) is 54.6 Å². The van der Waals surface area contributed by atoms with Crippen LogP contribution in [0.2, 0.25) is 0 Å². The molecule has 0 unspecified atom stereocenters. The van der Waals surface area contributed by atoms with Gasteiger partial charge >= 0.3 is 0 Å². The first-order valence-electron chi connectivity index (χ1n) is 7.29. The Kier molecular flexibility index (Phi) is 4.48. The van der Waals surface area contributed by atoms with Crippen LogP contribution in [0.15, 0.2) is 72.8 Å². The van der Waals surface area contributed by atoms with Gasteiger partial charge in [-0.2, -0.15) is 0 Å². The number of rotatable bonds is 5. The van der Waals surface area contributed by atoms with Gasteiger partial charge in [-0.25, -0.2) is 4.39 Å². The summed E-state index contributed by atoms with van der Waals surface area (Å²) in [7, 11) is 0. The molecule has 0 spiro atoms. The third-order valence-corrected chi connectivity index (χ3v) is 3.56. The summed E-state index contributed by atoms with van der Waals surface area (Å²) in [6, 6.07) is 21.3. The van der Waals surface area contributed by atoms with Crippen LogP contribution in [0.4, 0.5) is 4.39 Å². The van der Waals surface area contributed by atoms with Crippen molar-refractivity contribution in [3.63, 3.8) is 0 Å². The smallest absolute Gasteiger partial charge is 0.153 e. The fourth-order valence-corrected chi connectivity index (χ4v) is 2.37. The minimum atomic E-state index is -0.317. The standard InChI is InChI=1S/C20H15FO2/c21-19-9-5-4-8-18(19)16-10-11-20(17(12-16)13-22)23-14-15-6-2-1-3-7-15/h1-13H,14H2. The largest absolute Gasteiger partial charge is 0.488 e. The fourth-order valence-electron chi connectivity index (χ4n) is 2.37. The molecule has 3 aromatic rings. The maximum absolute atomic E-state index is 13.9. The Morgan fingerprint density at radius 3 is 2.39 bits per heavy atom. The molecule has 0 saturated heterocycles. The Bertz CT molecular complexity index is 813. The summed E-state index contributed by atoms with van der Waals surface area (Å²) >= 11 is 0. The molecule has 0 saturated carbocycles. The van der Waals surface area contributed by atoms with Crippen molar-refractivity contribution in [2.75, 3.05) is 0 Å². The highest BCUT2D eigenvalue weighted by Gasteiger charge is 2.09. The molecule has 0 N–H and O–H groups in total. The topological polar surface area (TPSA) is 26.3 Å². The lowest BCUT2D eigenvalue weighted by molar-refractivity contribution is 0.111. The summed E-state index contributed by atoms with van der Waals surface area (Å²) in [5.74, 6) is 0.172. The summed E-state index contributed by atoms with van der Waals surface area (Å²) in [4.78, 5) is 11.3. The number of benzene rings is 3. The summed E-state index contributed by atoms with van der Waals surface area (Å²) in [6.07, 6.45) is 0.727. The van der Waals surface area contributed by atoms with Crippen LogP contribution in [0.25, 0.3) is 11.1 Å². The van der Waals surface area contributed by atoms with Gasteiger partial charge in [0.15, 0.2) is 6.29 Å². The van der Waals surface area contributed by atoms with Crippen LogP contribution in [0.5, 0.6) is 5.75 Å². The van der Waals surface area contributed by atoms with Gasteiger partial charge in [0.2, 0.25) is 0 Å². The molecule has 0 aliphatic rings. The molecule has 114 valence electrons. The highest BCUT2D eigenvalue weighted by Crippen LogP contribution is 2.28. The molecule has 23 heavy (non-hydrogen) atoms. The molecule has 3 aromatic carbocycles. The predicted molar refractivity (Wildman–Crippen MR) is 88.0 cm³/mol. The lowest BCUT2D eigenvalue weighted by atomic mass is 10.0. The Morgan fingerprint density at radius 2 is 1.65 bits per heavy atom. The summed E-state index contributed by atoms with van der Waals surface area (Å²) in [6.45, 7) is 0.376. The van der Waals surface area contributed by atoms with Crippen LogP contribution >= 0.6 is 0 Å². The average molecular weight is 306 g/mol. The predicted octanol–water partition coefficient (Wildman–Crippen LogP) is 4.88. The van der Waals surface area contributed by atoms with Gasteiger partial charge in [-0.3, -0.25) is 4.79 Å². The van der Waals surface area contributed by atoms with E-state index >= 15 is 0 Å². The summed E-state index contributed by atoms with van der Waals surface area (Å²) in [5, 5.41) is 0. The fraction of sp³-hybridized carbons (Fsp3) is 0.0500. The van der Waals surface area contributed by atoms with Crippen molar-refractivity contribution in [1.29, 1.82) is 0 Å². The molecule has 0 aliphatic carbocycles. The molecule has 0 amide bonds. The van der Waals surface area contributed by atoms with Crippen molar-refractivity contribution in [3.05, 3.63) is 89.7 Å². The van der Waals surface area contributed by atoms with Crippen LogP contribution in [0, 0.1) is 5.82 Å². The van der Waals surface area contributed by atoms with Gasteiger partial charge in [-0.05, 0) is 29.3 Å². The molecule has 0 atom stereocenters. The molecule has 0 heterocycles. The molecule has 0 aliphatic heterocycles. The number of hydrogen-bond donors (Lipinski definition) is 0. The second kappa shape index (κ2) is 6.88. The number of ether oxygens (including phenoxy) is 1. The van der Waals surface area contributed by atoms with Crippen LogP contribution in [0.3, 0.4) is 0 Å². The Morgan fingerprint density at radius 1 is 0.913 bits per heavy atom. The van der Waals surface area contributed by atoms with Crippen LogP contribution < -0.4 is 4.74 Å². The van der Waals surface area contributed by atoms with E-state index in [1.54, 1.807) is 36.4 Å². The molecule has 3 heteroatoms. The van der Waals surface area contributed by atoms with Gasteiger partial charge in [0.25, 0.3) is 0 Å². The molecule has 0 bridgehead atoms. The monoisotopic (exact) mass is 306 g/mol. The number of halogens is 1. The van der Waals surface area contributed by atoms with E-state index in [1.807, 2.05) is 30.3 Å². The number of carbonyl (C=O) groups is 1. The minimum absolute atomic E-state index is 0.317. The highest BCUT2D eigenvalue weighted by molar-refractivity contribution is 5.83. The van der Waals surface area contributed by atoms with Crippen molar-refractivity contribution in [1.82, 2.24) is 0 Å². The van der Waals surface area contributed by atoms with Crippen LogP contribution in [0.1, 0.15) is 15.9 Å². The molecule has 0 radical (unpaired) electrons. The average Bonchev–Trinajstić information content (AvgIpc) is 2.61. The van der Waals surface area contributed by atoms with E-state index in [9.17, 15) is 9.18 Å². The van der Waals surface area contributed by atoms with E-state index in [-0.39, 0.29) is 5.82 Å². The minimum Gasteiger partial charge on any atom is -0.488 e. The lowest BCUT2D eigenvalue weighted by Gasteiger charge is -2.11. The molecule has 0 fully saturated rings. The van der Waals surface area contributed by atoms with E-state index in [4.69, 9.17) is 4.74 Å². The van der Waals surface area contributed by atoms with Crippen LogP contribution in [-0.4, -0.2) is 6.29 Å². The molecular formula is C20H15FO2. The van der Waals surface area contributed by atoms with Crippen molar-refractivity contribution < 1.29 is 13.9 Å². The Labute approximate surface area is 134 Å². The zero-order valence-corrected chi connectivity index (χ0v) is 12.4. The van der Waals surface area contributed by atoms with Crippen molar-refractivity contribution in [3.8, 4) is 16.9 Å². The van der Waals surface area contributed by atoms with Gasteiger partial charge < -0.3 is 4.74 Å². The van der Waals surface area contributed by atoms with Gasteiger partial charge in [0.05, 0.1) is 5.56 Å². The number of aldehydes is 1. The van der Waals surface area contributed by atoms with E-state index < -0.39 is 0 Å². The first-order valence-corrected chi connectivity index (χ1v) is 7.29. The zero-order chi connectivity index (χ0) is 16.1. The van der Waals surface area contributed by atoms with Gasteiger partial charge in [-0.15, -0.1) is 0 Å². The first kappa shape index (κ1) is 15.0.